The molecule has 10 aromatic carbocycles. The van der Waals surface area contributed by atoms with Crippen LogP contribution in [0.15, 0.2) is 218 Å². The molecule has 0 fully saturated rings. The van der Waals surface area contributed by atoms with Crippen LogP contribution in [-0.4, -0.2) is 4.57 Å². The minimum absolute atomic E-state index is 0.0885. The van der Waals surface area contributed by atoms with Gasteiger partial charge in [0, 0.05) is 58.8 Å². The lowest BCUT2D eigenvalue weighted by Crippen LogP contribution is -2.20. The van der Waals surface area contributed by atoms with Crippen LogP contribution in [0.4, 0.5) is 17.1 Å². The van der Waals surface area contributed by atoms with Gasteiger partial charge in [-0.25, -0.2) is 0 Å². The van der Waals surface area contributed by atoms with Crippen molar-refractivity contribution in [2.24, 2.45) is 0 Å². The number of para-hydroxylation sites is 1. The molecule has 0 saturated heterocycles. The first-order valence-electron chi connectivity index (χ1n) is 24.2. The van der Waals surface area contributed by atoms with Crippen molar-refractivity contribution in [2.75, 3.05) is 4.90 Å². The zero-order valence-electron chi connectivity index (χ0n) is 39.1. The second kappa shape index (κ2) is 14.8. The fourth-order valence-electron chi connectivity index (χ4n) is 12.2. The summed E-state index contributed by atoms with van der Waals surface area (Å²) in [6.07, 6.45) is 0. The number of hydrogen-bond acceptors (Lipinski definition) is 2. The van der Waals surface area contributed by atoms with Crippen LogP contribution >= 0.6 is 11.3 Å². The summed E-state index contributed by atoms with van der Waals surface area (Å²) in [5.74, 6) is 0. The molecule has 0 saturated carbocycles. The second-order valence-corrected chi connectivity index (χ2v) is 21.1. The average molecular weight is 901 g/mol. The van der Waals surface area contributed by atoms with E-state index in [9.17, 15) is 0 Å². The standard InChI is InChI=1S/C66H48N2S/c1-65(2)56-24-11-9-19-49(56)53-39-55-54-38-43(32-37-59(54)68(61(55)40-58(53)65)44-16-6-5-7-17-44)41-28-33-45(34-29-41)67(60-26-15-22-51-48-18-8-12-25-57(48)66(3,4)63(51)60)46-35-30-42(31-36-46)47-21-14-23-52-50-20-10-13-27-62(50)69-64(47)52/h5-40H,1-4H3. The first-order chi connectivity index (χ1) is 33.7. The highest BCUT2D eigenvalue weighted by molar-refractivity contribution is 7.26. The Morgan fingerprint density at radius 2 is 0.957 bits per heavy atom. The summed E-state index contributed by atoms with van der Waals surface area (Å²) in [7, 11) is 0. The van der Waals surface area contributed by atoms with Crippen molar-refractivity contribution in [2.45, 2.75) is 38.5 Å². The van der Waals surface area contributed by atoms with Gasteiger partial charge >= 0.3 is 0 Å². The topological polar surface area (TPSA) is 8.17 Å². The van der Waals surface area contributed by atoms with Crippen LogP contribution in [0, 0.1) is 0 Å². The molecule has 0 aliphatic heterocycles. The van der Waals surface area contributed by atoms with Crippen LogP contribution in [0.2, 0.25) is 0 Å². The van der Waals surface area contributed by atoms with E-state index >= 15 is 0 Å². The van der Waals surface area contributed by atoms with Gasteiger partial charge in [-0.2, -0.15) is 0 Å². The number of aromatic nitrogens is 1. The summed E-state index contributed by atoms with van der Waals surface area (Å²) in [4.78, 5) is 2.48. The van der Waals surface area contributed by atoms with E-state index in [1.807, 2.05) is 11.3 Å². The molecule has 3 heteroatoms. The lowest BCUT2D eigenvalue weighted by atomic mass is 9.81. The van der Waals surface area contributed by atoms with Crippen LogP contribution in [0.25, 0.3) is 92.2 Å². The summed E-state index contributed by atoms with van der Waals surface area (Å²) >= 11 is 1.89. The lowest BCUT2D eigenvalue weighted by molar-refractivity contribution is 0.660. The maximum Gasteiger partial charge on any atom is 0.0544 e. The van der Waals surface area contributed by atoms with E-state index in [1.165, 1.54) is 120 Å². The lowest BCUT2D eigenvalue weighted by Gasteiger charge is -2.32. The zero-order chi connectivity index (χ0) is 46.2. The molecule has 0 amide bonds. The SMILES string of the molecule is CC1(C)c2ccccc2-c2cc3c4cc(-c5ccc(N(c6ccc(-c7cccc8c7sc7ccccc78)cc6)c6cccc7c6C(C)(C)c6ccccc6-7)cc5)ccc4n(-c4ccccc4)c3cc21. The molecule has 69 heavy (non-hydrogen) atoms. The minimum Gasteiger partial charge on any atom is -0.310 e. The number of nitrogens with zero attached hydrogens (tertiary/aromatic N) is 2. The van der Waals surface area contributed by atoms with Gasteiger partial charge in [-0.05, 0) is 140 Å². The van der Waals surface area contributed by atoms with Crippen molar-refractivity contribution in [1.29, 1.82) is 0 Å². The second-order valence-electron chi connectivity index (χ2n) is 20.1. The van der Waals surface area contributed by atoms with E-state index in [0.29, 0.717) is 0 Å². The molecule has 12 aromatic rings. The predicted molar refractivity (Wildman–Crippen MR) is 294 cm³/mol. The molecule has 0 atom stereocenters. The molecular formula is C66H48N2S. The largest absolute Gasteiger partial charge is 0.310 e. The van der Waals surface area contributed by atoms with Crippen LogP contribution in [0.3, 0.4) is 0 Å². The van der Waals surface area contributed by atoms with Crippen molar-refractivity contribution < 1.29 is 0 Å². The maximum atomic E-state index is 2.48. The molecule has 2 aliphatic carbocycles. The molecule has 2 aliphatic rings. The first kappa shape index (κ1) is 40.1. The third-order valence-corrected chi connectivity index (χ3v) is 16.8. The van der Waals surface area contributed by atoms with E-state index in [4.69, 9.17) is 0 Å². The van der Waals surface area contributed by atoms with Crippen molar-refractivity contribution in [3.63, 3.8) is 0 Å². The monoisotopic (exact) mass is 900 g/mol. The molecule has 2 aromatic heterocycles. The van der Waals surface area contributed by atoms with Crippen molar-refractivity contribution in [3.05, 3.63) is 241 Å². The van der Waals surface area contributed by atoms with Gasteiger partial charge in [-0.1, -0.05) is 173 Å². The number of hydrogen-bond donors (Lipinski definition) is 0. The van der Waals surface area contributed by atoms with Gasteiger partial charge < -0.3 is 9.47 Å². The normalized spacial score (nSPS) is 14.0. The smallest absolute Gasteiger partial charge is 0.0544 e. The highest BCUT2D eigenvalue weighted by Gasteiger charge is 2.39. The Bertz CT molecular complexity index is 4050. The minimum atomic E-state index is -0.191. The first-order valence-corrected chi connectivity index (χ1v) is 25.0. The third-order valence-electron chi connectivity index (χ3n) is 15.6. The van der Waals surface area contributed by atoms with Crippen molar-refractivity contribution in [3.8, 4) is 50.2 Å². The number of fused-ring (bicyclic) bond motifs is 12. The van der Waals surface area contributed by atoms with Gasteiger partial charge in [0.2, 0.25) is 0 Å². The number of thiophene rings is 1. The Balaban J connectivity index is 0.909. The maximum absolute atomic E-state index is 2.48. The summed E-state index contributed by atoms with van der Waals surface area (Å²) in [5.41, 5.74) is 22.5. The molecule has 14 rings (SSSR count). The van der Waals surface area contributed by atoms with E-state index in [0.717, 1.165) is 11.4 Å². The summed E-state index contributed by atoms with van der Waals surface area (Å²) in [6, 6.07) is 81.7. The van der Waals surface area contributed by atoms with Crippen LogP contribution < -0.4 is 4.90 Å². The molecule has 2 nitrogen and oxygen atoms in total. The predicted octanol–water partition coefficient (Wildman–Crippen LogP) is 18.6. The molecule has 0 radical (unpaired) electrons. The number of rotatable bonds is 6. The van der Waals surface area contributed by atoms with Gasteiger partial charge in [0.15, 0.2) is 0 Å². The van der Waals surface area contributed by atoms with Crippen molar-refractivity contribution in [1.82, 2.24) is 4.57 Å². The van der Waals surface area contributed by atoms with Gasteiger partial charge in [-0.15, -0.1) is 11.3 Å². The Morgan fingerprint density at radius 3 is 1.72 bits per heavy atom. The molecule has 0 unspecified atom stereocenters. The van der Waals surface area contributed by atoms with Gasteiger partial charge in [0.25, 0.3) is 0 Å². The van der Waals surface area contributed by atoms with E-state index in [1.54, 1.807) is 0 Å². The highest BCUT2D eigenvalue weighted by atomic mass is 32.1. The highest BCUT2D eigenvalue weighted by Crippen LogP contribution is 2.55. The summed E-state index contributed by atoms with van der Waals surface area (Å²) in [6.45, 7) is 9.51. The van der Waals surface area contributed by atoms with E-state index < -0.39 is 0 Å². The molecule has 2 heterocycles. The molecule has 328 valence electrons. The Hall–Kier alpha value is -7.98. The van der Waals surface area contributed by atoms with Crippen LogP contribution in [0.5, 0.6) is 0 Å². The van der Waals surface area contributed by atoms with E-state index in [2.05, 4.69) is 256 Å². The molecule has 0 N–H and O–H groups in total. The third kappa shape index (κ3) is 5.84. The Kier molecular flexibility index (Phi) is 8.58. The quantitative estimate of drug-likeness (QED) is 0.161. The molecule has 0 bridgehead atoms. The van der Waals surface area contributed by atoms with E-state index in [-0.39, 0.29) is 10.8 Å². The zero-order valence-corrected chi connectivity index (χ0v) is 39.9. The van der Waals surface area contributed by atoms with Crippen LogP contribution in [-0.2, 0) is 10.8 Å². The van der Waals surface area contributed by atoms with Gasteiger partial charge in [0.05, 0.1) is 16.7 Å². The number of benzene rings is 10. The van der Waals surface area contributed by atoms with Crippen molar-refractivity contribution >= 4 is 70.4 Å². The Labute approximate surface area is 407 Å². The Morgan fingerprint density at radius 1 is 0.377 bits per heavy atom. The summed E-state index contributed by atoms with van der Waals surface area (Å²) in [5, 5.41) is 5.18. The van der Waals surface area contributed by atoms with Crippen LogP contribution in [0.1, 0.15) is 49.9 Å². The molecular weight excluding hydrogens is 853 g/mol. The summed E-state index contributed by atoms with van der Waals surface area (Å²) < 4.78 is 5.12. The fourth-order valence-corrected chi connectivity index (χ4v) is 13.5. The molecule has 0 spiro atoms. The fraction of sp³-hybridized carbons (Fsp3) is 0.0909. The number of anilines is 3. The van der Waals surface area contributed by atoms with Gasteiger partial charge in [0.1, 0.15) is 0 Å². The van der Waals surface area contributed by atoms with Gasteiger partial charge in [-0.3, -0.25) is 0 Å². The average Bonchev–Trinajstić information content (AvgIpc) is 4.07.